The number of alkyl halides is 3. The normalized spacial score (nSPS) is 20.6. The molecule has 1 saturated heterocycles. The molecule has 38 heavy (non-hydrogen) atoms. The highest BCUT2D eigenvalue weighted by molar-refractivity contribution is 6.03. The summed E-state index contributed by atoms with van der Waals surface area (Å²) in [5.41, 5.74) is 3.55. The number of hydrogen-bond donors (Lipinski definition) is 1. The van der Waals surface area contributed by atoms with Crippen LogP contribution < -0.4 is 0 Å². The number of rotatable bonds is 5. The molecule has 1 fully saturated rings. The Morgan fingerprint density at radius 3 is 2.53 bits per heavy atom. The van der Waals surface area contributed by atoms with Gasteiger partial charge in [-0.15, -0.1) is 0 Å². The first-order chi connectivity index (χ1) is 18.3. The summed E-state index contributed by atoms with van der Waals surface area (Å²) in [6.07, 6.45) is 4.15. The molecule has 1 aromatic carbocycles. The summed E-state index contributed by atoms with van der Waals surface area (Å²) < 4.78 is 43.2. The lowest BCUT2D eigenvalue weighted by molar-refractivity contribution is -0.136. The van der Waals surface area contributed by atoms with E-state index in [1.54, 1.807) is 18.6 Å². The maximum Gasteiger partial charge on any atom is 0.418 e. The zero-order valence-corrected chi connectivity index (χ0v) is 21.4. The number of likely N-dealkylation sites (tertiary alicyclic amines) is 1. The molecule has 4 aromatic heterocycles. The first-order valence-corrected chi connectivity index (χ1v) is 12.9. The average Bonchev–Trinajstić information content (AvgIpc) is 3.63. The number of nitrogens with one attached hydrogen (secondary N) is 1. The van der Waals surface area contributed by atoms with E-state index in [-0.39, 0.29) is 11.4 Å². The van der Waals surface area contributed by atoms with Crippen LogP contribution in [0.2, 0.25) is 0 Å². The van der Waals surface area contributed by atoms with Gasteiger partial charge >= 0.3 is 6.18 Å². The summed E-state index contributed by atoms with van der Waals surface area (Å²) in [5.74, 6) is 0.241. The van der Waals surface area contributed by atoms with Gasteiger partial charge in [0, 0.05) is 47.5 Å². The third-order valence-corrected chi connectivity index (χ3v) is 8.01. The lowest BCUT2D eigenvalue weighted by Gasteiger charge is -2.27. The summed E-state index contributed by atoms with van der Waals surface area (Å²) in [6, 6.07) is 9.13. The molecule has 5 aromatic rings. The van der Waals surface area contributed by atoms with Gasteiger partial charge in [-0.1, -0.05) is 19.9 Å². The van der Waals surface area contributed by atoms with Gasteiger partial charge in [0.2, 0.25) is 0 Å². The molecule has 0 saturated carbocycles. The lowest BCUT2D eigenvalue weighted by atomic mass is 9.95. The molecule has 7 nitrogen and oxygen atoms in total. The summed E-state index contributed by atoms with van der Waals surface area (Å²) in [4.78, 5) is 11.4. The second kappa shape index (κ2) is 9.20. The highest BCUT2D eigenvalue weighted by Crippen LogP contribution is 2.44. The van der Waals surface area contributed by atoms with E-state index in [0.29, 0.717) is 39.9 Å². The quantitative estimate of drug-likeness (QED) is 0.294. The van der Waals surface area contributed by atoms with Crippen LogP contribution >= 0.6 is 0 Å². The molecular weight excluding hydrogens is 491 g/mol. The summed E-state index contributed by atoms with van der Waals surface area (Å²) in [7, 11) is 0. The predicted molar refractivity (Wildman–Crippen MR) is 140 cm³/mol. The number of nitrogens with zero attached hydrogens (tertiary/aromatic N) is 6. The number of fused-ring (bicyclic) bond motifs is 2. The van der Waals surface area contributed by atoms with Gasteiger partial charge in [-0.25, -0.2) is 9.50 Å². The van der Waals surface area contributed by atoms with Gasteiger partial charge < -0.3 is 0 Å². The fourth-order valence-electron chi connectivity index (χ4n) is 6.20. The molecule has 0 aliphatic carbocycles. The molecule has 0 amide bonds. The molecule has 0 spiro atoms. The molecule has 3 unspecified atom stereocenters. The van der Waals surface area contributed by atoms with Gasteiger partial charge in [-0.3, -0.25) is 15.0 Å². The zero-order chi connectivity index (χ0) is 26.6. The molecule has 196 valence electrons. The second-order valence-electron chi connectivity index (χ2n) is 9.86. The summed E-state index contributed by atoms with van der Waals surface area (Å²) in [5, 5.41) is 11.9. The Hall–Kier alpha value is -3.79. The van der Waals surface area contributed by atoms with Crippen LogP contribution in [0.3, 0.4) is 0 Å². The number of likely N-dealkylation sites (N-methyl/N-ethyl adjacent to an activating group) is 1. The Kier molecular flexibility index (Phi) is 5.94. The average molecular weight is 520 g/mol. The van der Waals surface area contributed by atoms with Crippen LogP contribution in [0.1, 0.15) is 50.8 Å². The minimum atomic E-state index is -4.51. The second-order valence-corrected chi connectivity index (χ2v) is 9.86. The number of halogens is 3. The molecule has 0 bridgehead atoms. The number of aromatic nitrogens is 6. The number of pyridine rings is 1. The van der Waals surface area contributed by atoms with E-state index in [4.69, 9.17) is 10.1 Å². The molecule has 3 atom stereocenters. The van der Waals surface area contributed by atoms with E-state index in [9.17, 15) is 13.2 Å². The van der Waals surface area contributed by atoms with E-state index in [0.717, 1.165) is 36.7 Å². The van der Waals surface area contributed by atoms with Crippen LogP contribution in [0.25, 0.3) is 38.9 Å². The third-order valence-electron chi connectivity index (χ3n) is 8.01. The molecule has 0 radical (unpaired) electrons. The van der Waals surface area contributed by atoms with Crippen LogP contribution in [0.5, 0.6) is 0 Å². The number of benzene rings is 1. The Balaban J connectivity index is 1.62. The van der Waals surface area contributed by atoms with Gasteiger partial charge in [0.05, 0.1) is 28.5 Å². The number of aromatic amines is 1. The van der Waals surface area contributed by atoms with E-state index in [2.05, 4.69) is 40.9 Å². The van der Waals surface area contributed by atoms with Crippen LogP contribution in [0.15, 0.2) is 55.1 Å². The minimum Gasteiger partial charge on any atom is -0.297 e. The van der Waals surface area contributed by atoms with Gasteiger partial charge in [0.25, 0.3) is 0 Å². The number of H-pyrrole nitrogens is 1. The Bertz CT molecular complexity index is 1610. The highest BCUT2D eigenvalue weighted by atomic mass is 19.4. The van der Waals surface area contributed by atoms with E-state index in [1.165, 1.54) is 12.3 Å². The van der Waals surface area contributed by atoms with Crippen LogP contribution in [0.4, 0.5) is 13.2 Å². The van der Waals surface area contributed by atoms with Crippen molar-refractivity contribution >= 4 is 16.6 Å². The van der Waals surface area contributed by atoms with Crippen LogP contribution in [-0.2, 0) is 6.18 Å². The Labute approximate surface area is 217 Å². The fraction of sp³-hybridized carbons (Fsp3) is 0.357. The topological polar surface area (TPSA) is 75.0 Å². The predicted octanol–water partition coefficient (Wildman–Crippen LogP) is 6.33. The highest BCUT2D eigenvalue weighted by Gasteiger charge is 2.39. The van der Waals surface area contributed by atoms with Crippen molar-refractivity contribution < 1.29 is 13.2 Å². The van der Waals surface area contributed by atoms with Crippen molar-refractivity contribution in [1.82, 2.24) is 34.7 Å². The smallest absolute Gasteiger partial charge is 0.297 e. The molecule has 1 N–H and O–H groups in total. The van der Waals surface area contributed by atoms with Crippen molar-refractivity contribution in [3.63, 3.8) is 0 Å². The first-order valence-electron chi connectivity index (χ1n) is 12.9. The van der Waals surface area contributed by atoms with Crippen molar-refractivity contribution in [2.24, 2.45) is 0 Å². The SMILES string of the molecule is CCC1CC(c2ccnc3c(-c4ccc(C(F)(F)F)c5[nH]ncc45)c(-c4ccncc4)nn23)C(C)N1CC. The van der Waals surface area contributed by atoms with Crippen molar-refractivity contribution in [1.29, 1.82) is 0 Å². The third kappa shape index (κ3) is 3.77. The molecule has 1 aliphatic rings. The molecule has 1 aliphatic heterocycles. The number of hydrogen-bond acceptors (Lipinski definition) is 5. The largest absolute Gasteiger partial charge is 0.418 e. The van der Waals surface area contributed by atoms with Gasteiger partial charge in [0.15, 0.2) is 5.65 Å². The monoisotopic (exact) mass is 519 g/mol. The summed E-state index contributed by atoms with van der Waals surface area (Å²) in [6.45, 7) is 7.65. The molecule has 5 heterocycles. The fourth-order valence-corrected chi connectivity index (χ4v) is 6.20. The maximum absolute atomic E-state index is 13.8. The molecule has 6 rings (SSSR count). The van der Waals surface area contributed by atoms with Gasteiger partial charge in [-0.05, 0) is 56.1 Å². The van der Waals surface area contributed by atoms with Crippen molar-refractivity contribution in [2.45, 2.75) is 57.8 Å². The van der Waals surface area contributed by atoms with E-state index < -0.39 is 11.7 Å². The molecule has 10 heteroatoms. The minimum absolute atomic E-state index is 0.0556. The Morgan fingerprint density at radius 2 is 1.84 bits per heavy atom. The zero-order valence-electron chi connectivity index (χ0n) is 21.4. The van der Waals surface area contributed by atoms with E-state index in [1.807, 2.05) is 22.7 Å². The van der Waals surface area contributed by atoms with Gasteiger partial charge in [0.1, 0.15) is 5.69 Å². The Morgan fingerprint density at radius 1 is 1.05 bits per heavy atom. The standard InChI is InChI=1S/C28H28F3N7/c1-4-18-14-20(16(3)37(18)5-2)23-10-13-33-27-24(25(36-38(23)27)17-8-11-32-12-9-17)19-6-7-22(28(29,30)31)26-21(19)15-34-35-26/h6-13,15-16,18,20H,4-5,14H2,1-3H3,(H,34,35). The van der Waals surface area contributed by atoms with Crippen LogP contribution in [-0.4, -0.2) is 53.3 Å². The maximum atomic E-state index is 13.8. The van der Waals surface area contributed by atoms with Crippen molar-refractivity contribution in [3.8, 4) is 22.4 Å². The van der Waals surface area contributed by atoms with E-state index >= 15 is 0 Å². The van der Waals surface area contributed by atoms with Crippen molar-refractivity contribution in [3.05, 3.63) is 66.4 Å². The van der Waals surface area contributed by atoms with Gasteiger partial charge in [-0.2, -0.15) is 23.4 Å². The lowest BCUT2D eigenvalue weighted by Crippen LogP contribution is -2.35. The first kappa shape index (κ1) is 24.5. The van der Waals surface area contributed by atoms with Crippen molar-refractivity contribution in [2.75, 3.05) is 6.54 Å². The summed E-state index contributed by atoms with van der Waals surface area (Å²) >= 11 is 0. The van der Waals surface area contributed by atoms with Crippen LogP contribution in [0, 0.1) is 0 Å². The molecular formula is C28H28F3N7.